The molecule has 2 aromatic carbocycles. The maximum atomic E-state index is 12.3. The Labute approximate surface area is 168 Å². The molecule has 0 unspecified atom stereocenters. The van der Waals surface area contributed by atoms with E-state index in [1.165, 1.54) is 4.90 Å². The molecule has 1 atom stereocenters. The molecular weight excluding hydrogens is 376 g/mol. The zero-order chi connectivity index (χ0) is 20.5. The molecule has 1 amide bonds. The summed E-state index contributed by atoms with van der Waals surface area (Å²) in [7, 11) is 0. The lowest BCUT2D eigenvalue weighted by atomic mass is 10.2. The molecule has 152 valence electrons. The standard InChI is InChI=1S/C21H22N2O6/c24-19(29-21(26)28-15-17-9-5-2-6-10-17)18-13-23(12-11-22-18)20(25)27-14-16-7-3-1-4-8-16/h1-10,18,22H,11-15H2/t18-/m1/s1. The van der Waals surface area contributed by atoms with E-state index in [2.05, 4.69) is 5.32 Å². The SMILES string of the molecule is O=C(OCc1ccccc1)OC(=O)[C@H]1CN(C(=O)OCc2ccccc2)CCN1. The minimum absolute atomic E-state index is 0.00296. The minimum Gasteiger partial charge on any atom is -0.445 e. The second-order valence-electron chi connectivity index (χ2n) is 6.44. The summed E-state index contributed by atoms with van der Waals surface area (Å²) >= 11 is 0. The monoisotopic (exact) mass is 398 g/mol. The number of nitrogens with one attached hydrogen (secondary N) is 1. The molecule has 0 spiro atoms. The molecule has 0 saturated carbocycles. The summed E-state index contributed by atoms with van der Waals surface area (Å²) in [5, 5.41) is 2.92. The fourth-order valence-corrected chi connectivity index (χ4v) is 2.78. The third kappa shape index (κ3) is 6.32. The molecule has 1 fully saturated rings. The van der Waals surface area contributed by atoms with E-state index >= 15 is 0 Å². The molecule has 0 bridgehead atoms. The largest absolute Gasteiger partial charge is 0.516 e. The van der Waals surface area contributed by atoms with Gasteiger partial charge in [-0.3, -0.25) is 0 Å². The molecule has 29 heavy (non-hydrogen) atoms. The average molecular weight is 398 g/mol. The van der Waals surface area contributed by atoms with Crippen molar-refractivity contribution in [2.45, 2.75) is 19.3 Å². The van der Waals surface area contributed by atoms with Crippen LogP contribution in [0.25, 0.3) is 0 Å². The summed E-state index contributed by atoms with van der Waals surface area (Å²) in [6, 6.07) is 17.5. The minimum atomic E-state index is -1.08. The molecule has 2 aromatic rings. The van der Waals surface area contributed by atoms with Crippen LogP contribution in [-0.2, 0) is 32.2 Å². The van der Waals surface area contributed by atoms with E-state index in [9.17, 15) is 14.4 Å². The second-order valence-corrected chi connectivity index (χ2v) is 6.44. The van der Waals surface area contributed by atoms with Gasteiger partial charge in [-0.15, -0.1) is 0 Å². The van der Waals surface area contributed by atoms with Gasteiger partial charge < -0.3 is 24.4 Å². The van der Waals surface area contributed by atoms with Gasteiger partial charge in [-0.2, -0.15) is 0 Å². The van der Waals surface area contributed by atoms with Crippen molar-refractivity contribution in [2.24, 2.45) is 0 Å². The molecule has 1 aliphatic heterocycles. The highest BCUT2D eigenvalue weighted by Gasteiger charge is 2.31. The maximum Gasteiger partial charge on any atom is 0.516 e. The first-order valence-electron chi connectivity index (χ1n) is 9.23. The Hall–Kier alpha value is -3.39. The third-order valence-corrected chi connectivity index (χ3v) is 4.31. The quantitative estimate of drug-likeness (QED) is 0.611. The van der Waals surface area contributed by atoms with Crippen LogP contribution < -0.4 is 5.32 Å². The molecule has 8 heteroatoms. The number of carbonyl (C=O) groups is 3. The van der Waals surface area contributed by atoms with Crippen LogP contribution in [0.15, 0.2) is 60.7 Å². The normalized spacial score (nSPS) is 16.0. The smallest absolute Gasteiger partial charge is 0.445 e. The van der Waals surface area contributed by atoms with Gasteiger partial charge in [-0.05, 0) is 11.1 Å². The molecule has 1 saturated heterocycles. The number of amides is 1. The van der Waals surface area contributed by atoms with E-state index < -0.39 is 24.3 Å². The van der Waals surface area contributed by atoms with Gasteiger partial charge in [-0.25, -0.2) is 14.4 Å². The first-order valence-corrected chi connectivity index (χ1v) is 9.23. The Morgan fingerprint density at radius 3 is 2.10 bits per heavy atom. The first kappa shape index (κ1) is 20.3. The number of piperazine rings is 1. The molecule has 1 heterocycles. The van der Waals surface area contributed by atoms with Crippen LogP contribution in [0.3, 0.4) is 0 Å². The molecule has 1 N–H and O–H groups in total. The van der Waals surface area contributed by atoms with Crippen LogP contribution >= 0.6 is 0 Å². The van der Waals surface area contributed by atoms with Crippen molar-refractivity contribution in [3.63, 3.8) is 0 Å². The fourth-order valence-electron chi connectivity index (χ4n) is 2.78. The Balaban J connectivity index is 1.43. The predicted octanol–water partition coefficient (Wildman–Crippen LogP) is 2.48. The lowest BCUT2D eigenvalue weighted by Crippen LogP contribution is -2.56. The third-order valence-electron chi connectivity index (χ3n) is 4.31. The second kappa shape index (κ2) is 10.2. The highest BCUT2D eigenvalue weighted by Crippen LogP contribution is 2.08. The van der Waals surface area contributed by atoms with E-state index in [-0.39, 0.29) is 19.8 Å². The van der Waals surface area contributed by atoms with Gasteiger partial charge in [0.2, 0.25) is 0 Å². The Kier molecular flexibility index (Phi) is 7.18. The van der Waals surface area contributed by atoms with Gasteiger partial charge in [0.1, 0.15) is 19.3 Å². The number of nitrogens with zero attached hydrogens (tertiary/aromatic N) is 1. The van der Waals surface area contributed by atoms with Gasteiger partial charge >= 0.3 is 18.2 Å². The van der Waals surface area contributed by atoms with Gasteiger partial charge in [0.15, 0.2) is 0 Å². The maximum absolute atomic E-state index is 12.3. The van der Waals surface area contributed by atoms with E-state index in [0.717, 1.165) is 11.1 Å². The summed E-state index contributed by atoms with van der Waals surface area (Å²) in [6.07, 6.45) is -1.61. The molecule has 8 nitrogen and oxygen atoms in total. The summed E-state index contributed by atoms with van der Waals surface area (Å²) in [6.45, 7) is 0.945. The van der Waals surface area contributed by atoms with Crippen molar-refractivity contribution in [1.82, 2.24) is 10.2 Å². The van der Waals surface area contributed by atoms with E-state index in [0.29, 0.717) is 13.1 Å². The number of esters is 1. The molecule has 0 radical (unpaired) electrons. The molecular formula is C21H22N2O6. The molecule has 1 aliphatic rings. The van der Waals surface area contributed by atoms with Crippen molar-refractivity contribution >= 4 is 18.2 Å². The van der Waals surface area contributed by atoms with Crippen LogP contribution in [-0.4, -0.2) is 48.8 Å². The van der Waals surface area contributed by atoms with Gasteiger partial charge in [0, 0.05) is 13.1 Å². The van der Waals surface area contributed by atoms with E-state index in [4.69, 9.17) is 14.2 Å². The van der Waals surface area contributed by atoms with Gasteiger partial charge in [0.05, 0.1) is 6.54 Å². The van der Waals surface area contributed by atoms with Crippen LogP contribution in [0.4, 0.5) is 9.59 Å². The molecule has 0 aliphatic carbocycles. The fraction of sp³-hybridized carbons (Fsp3) is 0.286. The number of carbonyl (C=O) groups excluding carboxylic acids is 3. The zero-order valence-corrected chi connectivity index (χ0v) is 15.8. The summed E-state index contributed by atoms with van der Waals surface area (Å²) < 4.78 is 14.9. The molecule has 0 aromatic heterocycles. The van der Waals surface area contributed by atoms with Crippen molar-refractivity contribution in [3.8, 4) is 0 Å². The van der Waals surface area contributed by atoms with E-state index in [1.807, 2.05) is 48.5 Å². The number of ether oxygens (including phenoxy) is 3. The number of rotatable bonds is 5. The predicted molar refractivity (Wildman–Crippen MR) is 103 cm³/mol. The summed E-state index contributed by atoms with van der Waals surface area (Å²) in [4.78, 5) is 37.6. The zero-order valence-electron chi connectivity index (χ0n) is 15.8. The van der Waals surface area contributed by atoms with E-state index in [1.54, 1.807) is 12.1 Å². The van der Waals surface area contributed by atoms with Crippen LogP contribution in [0.2, 0.25) is 0 Å². The Bertz CT molecular complexity index is 828. The summed E-state index contributed by atoms with van der Waals surface area (Å²) in [5.74, 6) is -0.802. The first-order chi connectivity index (χ1) is 14.1. The number of benzene rings is 2. The Morgan fingerprint density at radius 1 is 0.897 bits per heavy atom. The van der Waals surface area contributed by atoms with Crippen LogP contribution in [0.5, 0.6) is 0 Å². The number of hydrogen-bond acceptors (Lipinski definition) is 7. The lowest BCUT2D eigenvalue weighted by Gasteiger charge is -2.31. The lowest BCUT2D eigenvalue weighted by molar-refractivity contribution is -0.143. The van der Waals surface area contributed by atoms with Crippen molar-refractivity contribution in [2.75, 3.05) is 19.6 Å². The van der Waals surface area contributed by atoms with Gasteiger partial charge in [0.25, 0.3) is 0 Å². The topological polar surface area (TPSA) is 94.2 Å². The van der Waals surface area contributed by atoms with Crippen molar-refractivity contribution < 1.29 is 28.6 Å². The highest BCUT2D eigenvalue weighted by atomic mass is 16.7. The van der Waals surface area contributed by atoms with Crippen LogP contribution in [0, 0.1) is 0 Å². The Morgan fingerprint density at radius 2 is 1.48 bits per heavy atom. The van der Waals surface area contributed by atoms with Crippen molar-refractivity contribution in [1.29, 1.82) is 0 Å². The van der Waals surface area contributed by atoms with Crippen LogP contribution in [0.1, 0.15) is 11.1 Å². The number of hydrogen-bond donors (Lipinski definition) is 1. The van der Waals surface area contributed by atoms with Crippen molar-refractivity contribution in [3.05, 3.63) is 71.8 Å². The van der Waals surface area contributed by atoms with Gasteiger partial charge in [-0.1, -0.05) is 60.7 Å². The summed E-state index contributed by atoms with van der Waals surface area (Å²) in [5.41, 5.74) is 1.65. The average Bonchev–Trinajstić information content (AvgIpc) is 2.77. The highest BCUT2D eigenvalue weighted by molar-refractivity contribution is 5.86. The molecule has 3 rings (SSSR count).